The average Bonchev–Trinajstić information content (AvgIpc) is 2.55. The highest BCUT2D eigenvalue weighted by atomic mass is 14.7. The molecule has 2 aromatic heterocycles. The number of rotatable bonds is 3. The molecule has 0 N–H and O–H groups in total. The van der Waals surface area contributed by atoms with E-state index in [4.69, 9.17) is 4.98 Å². The predicted octanol–water partition coefficient (Wildman–Crippen LogP) is 5.24. The molecule has 2 heteroatoms. The van der Waals surface area contributed by atoms with Gasteiger partial charge in [0.2, 0.25) is 0 Å². The molecule has 2 nitrogen and oxygen atoms in total. The minimum absolute atomic E-state index is 0.428. The van der Waals surface area contributed by atoms with Gasteiger partial charge in [-0.1, -0.05) is 44.2 Å². The summed E-state index contributed by atoms with van der Waals surface area (Å²) in [5, 5.41) is 0. The van der Waals surface area contributed by atoms with Gasteiger partial charge in [-0.15, -0.1) is 0 Å². The van der Waals surface area contributed by atoms with Crippen molar-refractivity contribution >= 4 is 0 Å². The van der Waals surface area contributed by atoms with Crippen LogP contribution < -0.4 is 0 Å². The van der Waals surface area contributed by atoms with Crippen LogP contribution in [0, 0.1) is 6.92 Å². The van der Waals surface area contributed by atoms with Crippen LogP contribution in [0.15, 0.2) is 60.8 Å². The predicted molar refractivity (Wildman–Crippen MR) is 91.7 cm³/mol. The molecular weight excluding hydrogens is 268 g/mol. The Hall–Kier alpha value is -2.48. The van der Waals surface area contributed by atoms with Gasteiger partial charge in [-0.2, -0.15) is 0 Å². The van der Waals surface area contributed by atoms with Gasteiger partial charge in [0.05, 0.1) is 11.4 Å². The van der Waals surface area contributed by atoms with E-state index in [0.717, 1.165) is 22.6 Å². The Balaban J connectivity index is 2.05. The third-order valence-electron chi connectivity index (χ3n) is 3.84. The number of hydrogen-bond acceptors (Lipinski definition) is 2. The van der Waals surface area contributed by atoms with Crippen molar-refractivity contribution in [3.8, 4) is 22.5 Å². The van der Waals surface area contributed by atoms with E-state index < -0.39 is 0 Å². The van der Waals surface area contributed by atoms with Gasteiger partial charge >= 0.3 is 0 Å². The number of aryl methyl sites for hydroxylation is 1. The maximum atomic E-state index is 4.77. The number of aromatic nitrogens is 2. The average molecular weight is 288 g/mol. The first-order valence-corrected chi connectivity index (χ1v) is 7.64. The minimum atomic E-state index is 0.428. The lowest BCUT2D eigenvalue weighted by Gasteiger charge is -2.09. The molecule has 0 amide bonds. The number of nitrogens with zero attached hydrogens (tertiary/aromatic N) is 2. The summed E-state index contributed by atoms with van der Waals surface area (Å²) in [6.07, 6.45) is 1.86. The Labute approximate surface area is 131 Å². The van der Waals surface area contributed by atoms with Crippen LogP contribution in [0.3, 0.4) is 0 Å². The third kappa shape index (κ3) is 2.91. The van der Waals surface area contributed by atoms with E-state index >= 15 is 0 Å². The molecule has 0 unspecified atom stereocenters. The first-order valence-electron chi connectivity index (χ1n) is 7.64. The quantitative estimate of drug-likeness (QED) is 0.658. The summed E-state index contributed by atoms with van der Waals surface area (Å²) in [7, 11) is 0. The molecule has 0 radical (unpaired) electrons. The molecule has 0 bridgehead atoms. The second kappa shape index (κ2) is 6.10. The van der Waals surface area contributed by atoms with Crippen molar-refractivity contribution in [1.82, 2.24) is 9.97 Å². The second-order valence-electron chi connectivity index (χ2n) is 5.85. The molecule has 1 aromatic carbocycles. The molecule has 0 aliphatic heterocycles. The Morgan fingerprint density at radius 1 is 0.864 bits per heavy atom. The number of hydrogen-bond donors (Lipinski definition) is 0. The fourth-order valence-corrected chi connectivity index (χ4v) is 2.53. The Kier molecular flexibility index (Phi) is 4.01. The zero-order valence-electron chi connectivity index (χ0n) is 13.2. The maximum absolute atomic E-state index is 4.77. The first-order chi connectivity index (χ1) is 10.6. The van der Waals surface area contributed by atoms with Crippen molar-refractivity contribution in [1.29, 1.82) is 0 Å². The van der Waals surface area contributed by atoms with E-state index in [0.29, 0.717) is 5.92 Å². The van der Waals surface area contributed by atoms with Crippen LogP contribution in [-0.2, 0) is 0 Å². The van der Waals surface area contributed by atoms with Gasteiger partial charge in [-0.3, -0.25) is 9.97 Å². The monoisotopic (exact) mass is 288 g/mol. The molecule has 0 fully saturated rings. The molecule has 0 atom stereocenters. The highest BCUT2D eigenvalue weighted by Gasteiger charge is 2.07. The molecule has 22 heavy (non-hydrogen) atoms. The van der Waals surface area contributed by atoms with E-state index in [9.17, 15) is 0 Å². The molecule has 3 aromatic rings. The van der Waals surface area contributed by atoms with Crippen LogP contribution in [0.2, 0.25) is 0 Å². The summed E-state index contributed by atoms with van der Waals surface area (Å²) >= 11 is 0. The summed E-state index contributed by atoms with van der Waals surface area (Å²) in [5.41, 5.74) is 6.62. The summed E-state index contributed by atoms with van der Waals surface area (Å²) in [6.45, 7) is 6.44. The van der Waals surface area contributed by atoms with Crippen molar-refractivity contribution in [2.45, 2.75) is 26.7 Å². The van der Waals surface area contributed by atoms with Crippen LogP contribution in [0.4, 0.5) is 0 Å². The van der Waals surface area contributed by atoms with Crippen molar-refractivity contribution in [2.75, 3.05) is 0 Å². The largest absolute Gasteiger partial charge is 0.256 e. The van der Waals surface area contributed by atoms with E-state index in [1.165, 1.54) is 11.1 Å². The van der Waals surface area contributed by atoms with Crippen LogP contribution in [0.25, 0.3) is 22.5 Å². The summed E-state index contributed by atoms with van der Waals surface area (Å²) in [6, 6.07) is 18.7. The topological polar surface area (TPSA) is 25.8 Å². The van der Waals surface area contributed by atoms with Crippen LogP contribution >= 0.6 is 0 Å². The molecule has 2 heterocycles. The molecule has 0 aliphatic rings. The smallest absolute Gasteiger partial charge is 0.0711 e. The standard InChI is InChI=1S/C20H20N2/c1-14(2)18-9-6-10-19(22-18)16-11-12-21-20(13-16)17-8-5-4-7-15(17)3/h4-14H,1-3H3. The van der Waals surface area contributed by atoms with E-state index in [1.807, 2.05) is 18.3 Å². The van der Waals surface area contributed by atoms with Crippen molar-refractivity contribution in [2.24, 2.45) is 0 Å². The fourth-order valence-electron chi connectivity index (χ4n) is 2.53. The van der Waals surface area contributed by atoms with Gasteiger partial charge in [0.15, 0.2) is 0 Å². The lowest BCUT2D eigenvalue weighted by molar-refractivity contribution is 0.824. The first kappa shape index (κ1) is 14.5. The second-order valence-corrected chi connectivity index (χ2v) is 5.85. The molecule has 3 rings (SSSR count). The zero-order valence-corrected chi connectivity index (χ0v) is 13.2. The Morgan fingerprint density at radius 2 is 1.68 bits per heavy atom. The summed E-state index contributed by atoms with van der Waals surface area (Å²) in [4.78, 5) is 9.30. The third-order valence-corrected chi connectivity index (χ3v) is 3.84. The highest BCUT2D eigenvalue weighted by Crippen LogP contribution is 2.26. The van der Waals surface area contributed by atoms with Crippen molar-refractivity contribution in [3.63, 3.8) is 0 Å². The van der Waals surface area contributed by atoms with E-state index in [2.05, 4.69) is 68.2 Å². The van der Waals surface area contributed by atoms with Gasteiger partial charge in [0.1, 0.15) is 0 Å². The maximum Gasteiger partial charge on any atom is 0.0711 e. The zero-order chi connectivity index (χ0) is 15.5. The molecule has 0 spiro atoms. The van der Waals surface area contributed by atoms with Crippen LogP contribution in [0.1, 0.15) is 31.0 Å². The normalized spacial score (nSPS) is 10.9. The summed E-state index contributed by atoms with van der Waals surface area (Å²) < 4.78 is 0. The number of benzene rings is 1. The number of pyridine rings is 2. The van der Waals surface area contributed by atoms with Crippen molar-refractivity contribution < 1.29 is 0 Å². The van der Waals surface area contributed by atoms with Gasteiger partial charge in [-0.05, 0) is 42.7 Å². The molecule has 0 saturated heterocycles. The van der Waals surface area contributed by atoms with Crippen LogP contribution in [0.5, 0.6) is 0 Å². The van der Waals surface area contributed by atoms with Gasteiger partial charge < -0.3 is 0 Å². The van der Waals surface area contributed by atoms with E-state index in [1.54, 1.807) is 0 Å². The van der Waals surface area contributed by atoms with Crippen LogP contribution in [-0.4, -0.2) is 9.97 Å². The lowest BCUT2D eigenvalue weighted by atomic mass is 10.0. The molecule has 0 aliphatic carbocycles. The van der Waals surface area contributed by atoms with E-state index in [-0.39, 0.29) is 0 Å². The lowest BCUT2D eigenvalue weighted by Crippen LogP contribution is -1.95. The van der Waals surface area contributed by atoms with Gasteiger partial charge in [0.25, 0.3) is 0 Å². The molecular formula is C20H20N2. The fraction of sp³-hybridized carbons (Fsp3) is 0.200. The summed E-state index contributed by atoms with van der Waals surface area (Å²) in [5.74, 6) is 0.428. The molecule has 0 saturated carbocycles. The highest BCUT2D eigenvalue weighted by molar-refractivity contribution is 5.70. The Morgan fingerprint density at radius 3 is 2.45 bits per heavy atom. The van der Waals surface area contributed by atoms with Crippen molar-refractivity contribution in [3.05, 3.63) is 72.1 Å². The minimum Gasteiger partial charge on any atom is -0.256 e. The Bertz CT molecular complexity index is 791. The SMILES string of the molecule is Cc1ccccc1-c1cc(-c2cccc(C(C)C)n2)ccn1. The van der Waals surface area contributed by atoms with Gasteiger partial charge in [-0.25, -0.2) is 0 Å². The van der Waals surface area contributed by atoms with Gasteiger partial charge in [0, 0.05) is 23.0 Å². The molecule has 110 valence electrons.